The Labute approximate surface area is 417 Å². The third-order valence-corrected chi connectivity index (χ3v) is 12.2. The van der Waals surface area contributed by atoms with E-state index >= 15 is 0 Å². The lowest BCUT2D eigenvalue weighted by Gasteiger charge is -2.48. The molecule has 1 aromatic rings. The average molecular weight is 1010 g/mol. The number of benzene rings is 1. The highest BCUT2D eigenvalue weighted by atomic mass is 35.5. The first-order valence-electron chi connectivity index (χ1n) is 25.0. The van der Waals surface area contributed by atoms with Crippen molar-refractivity contribution >= 4 is 47.4 Å². The fourth-order valence-corrected chi connectivity index (χ4v) is 8.41. The number of carbonyl (C=O) groups is 6. The van der Waals surface area contributed by atoms with E-state index in [4.69, 9.17) is 59.0 Å². The maximum Gasteiger partial charge on any atom is 0.338 e. The molecule has 0 saturated carbocycles. The first-order chi connectivity index (χ1) is 33.8. The standard InChI is InChI=1S/C50H76ClN3O16/c1-6-7-8-9-10-11-12-13-14-15-16-17-18-19-24-30-40(58)67-43-34(2)64-50(62-31-26-21-25-29-39(57)61-5)47(69-48(60)37-27-22-20-23-28-37)46(43)70-49-42(53-54-52)45(68-41(59)32-51)44(65-36(4)56)38(66-49)33-63-35(3)55/h20,22-23,27-28,34,38,42-47,49-50H,6-19,21,24-26,29-33H2,1-5H3/t34-,38+,42+,43-,44+,45+,46+,47+,49+,50+/m0/s1. The first kappa shape index (κ1) is 59.8. The van der Waals surface area contributed by atoms with Crippen LogP contribution in [0.5, 0.6) is 0 Å². The SMILES string of the molecule is CCCCCCCCCCCCCCCCCC(=O)O[C@@H]1[C@@H](O[C@H]2O[C@H](COC(C)=O)[C@@H](OC(C)=O)[C@H](OC(=O)CCl)[C@H]2N=[N+]=[N-])[C@@H](OC(=O)c2ccccc2)[C@H](OCCCCCC(=O)OC)O[C@H]1C. The van der Waals surface area contributed by atoms with Gasteiger partial charge in [-0.25, -0.2) is 4.79 Å². The van der Waals surface area contributed by atoms with Crippen LogP contribution < -0.4 is 0 Å². The van der Waals surface area contributed by atoms with Crippen molar-refractivity contribution in [3.8, 4) is 0 Å². The van der Waals surface area contributed by atoms with Crippen LogP contribution in [0.15, 0.2) is 35.4 Å². The molecule has 20 heteroatoms. The van der Waals surface area contributed by atoms with Crippen LogP contribution in [0.2, 0.25) is 0 Å². The molecule has 0 radical (unpaired) electrons. The topological polar surface area (TPSA) is 243 Å². The van der Waals surface area contributed by atoms with Crippen LogP contribution >= 0.6 is 11.6 Å². The van der Waals surface area contributed by atoms with Crippen LogP contribution in [-0.4, -0.2) is 123 Å². The van der Waals surface area contributed by atoms with Gasteiger partial charge in [0.15, 0.2) is 37.0 Å². The number of esters is 6. The molecule has 0 aliphatic carbocycles. The summed E-state index contributed by atoms with van der Waals surface area (Å²) in [7, 11) is 1.31. The van der Waals surface area contributed by atoms with Crippen LogP contribution in [0.1, 0.15) is 166 Å². The fraction of sp³-hybridized carbons (Fsp3) is 0.760. The monoisotopic (exact) mass is 1010 g/mol. The van der Waals surface area contributed by atoms with Crippen molar-refractivity contribution in [2.24, 2.45) is 5.11 Å². The zero-order valence-corrected chi connectivity index (χ0v) is 42.4. The zero-order valence-electron chi connectivity index (χ0n) is 41.7. The molecule has 2 heterocycles. The molecular weight excluding hydrogens is 934 g/mol. The van der Waals surface area contributed by atoms with E-state index in [2.05, 4.69) is 16.9 Å². The van der Waals surface area contributed by atoms with Gasteiger partial charge in [0.2, 0.25) is 0 Å². The molecule has 0 bridgehead atoms. The highest BCUT2D eigenvalue weighted by Gasteiger charge is 2.56. The number of halogens is 1. The van der Waals surface area contributed by atoms with Gasteiger partial charge in [-0.05, 0) is 43.9 Å². The summed E-state index contributed by atoms with van der Waals surface area (Å²) in [6.45, 7) is 5.58. The maximum absolute atomic E-state index is 13.9. The van der Waals surface area contributed by atoms with E-state index in [1.54, 1.807) is 25.1 Å². The number of methoxy groups -OCH3 is 1. The van der Waals surface area contributed by atoms with Crippen molar-refractivity contribution in [1.29, 1.82) is 0 Å². The minimum atomic E-state index is -1.75. The molecule has 2 fully saturated rings. The van der Waals surface area contributed by atoms with E-state index < -0.39 is 104 Å². The summed E-state index contributed by atoms with van der Waals surface area (Å²) in [6, 6.07) is 6.42. The predicted octanol–water partition coefficient (Wildman–Crippen LogP) is 9.31. The second-order valence-electron chi connectivity index (χ2n) is 17.7. The van der Waals surface area contributed by atoms with Gasteiger partial charge in [-0.15, -0.1) is 11.6 Å². The number of ether oxygens (including phenoxy) is 10. The molecule has 70 heavy (non-hydrogen) atoms. The number of nitrogens with zero attached hydrogens (tertiary/aromatic N) is 3. The van der Waals surface area contributed by atoms with Crippen LogP contribution in [0.3, 0.4) is 0 Å². The minimum absolute atomic E-state index is 0.0560. The Bertz CT molecular complexity index is 1770. The van der Waals surface area contributed by atoms with Crippen LogP contribution in [0.25, 0.3) is 10.4 Å². The predicted molar refractivity (Wildman–Crippen MR) is 255 cm³/mol. The van der Waals surface area contributed by atoms with Crippen LogP contribution in [0, 0.1) is 0 Å². The van der Waals surface area contributed by atoms with Gasteiger partial charge in [0.25, 0.3) is 0 Å². The molecule has 394 valence electrons. The summed E-state index contributed by atoms with van der Waals surface area (Å²) in [6.07, 6.45) is 6.17. The molecule has 1 aromatic carbocycles. The Morgan fingerprint density at radius 1 is 0.643 bits per heavy atom. The Kier molecular flexibility index (Phi) is 29.7. The smallest absolute Gasteiger partial charge is 0.338 e. The van der Waals surface area contributed by atoms with Crippen molar-refractivity contribution in [1.82, 2.24) is 0 Å². The summed E-state index contributed by atoms with van der Waals surface area (Å²) < 4.78 is 58.9. The van der Waals surface area contributed by atoms with Gasteiger partial charge in [0.1, 0.15) is 30.7 Å². The van der Waals surface area contributed by atoms with E-state index in [0.717, 1.165) is 39.5 Å². The van der Waals surface area contributed by atoms with Crippen molar-refractivity contribution in [2.45, 2.75) is 217 Å². The second kappa shape index (κ2) is 34.7. The summed E-state index contributed by atoms with van der Waals surface area (Å²) in [5.41, 5.74) is 10.0. The molecule has 3 rings (SSSR count). The van der Waals surface area contributed by atoms with Gasteiger partial charge in [0.05, 0.1) is 18.8 Å². The molecule has 0 N–H and O–H groups in total. The number of carbonyl (C=O) groups excluding carboxylic acids is 6. The molecule has 2 aliphatic rings. The molecule has 10 atom stereocenters. The van der Waals surface area contributed by atoms with Gasteiger partial charge in [0, 0.05) is 38.2 Å². The van der Waals surface area contributed by atoms with Crippen molar-refractivity contribution < 1.29 is 76.1 Å². The van der Waals surface area contributed by atoms with Gasteiger partial charge in [-0.3, -0.25) is 24.0 Å². The van der Waals surface area contributed by atoms with Crippen molar-refractivity contribution in [3.63, 3.8) is 0 Å². The Morgan fingerprint density at radius 2 is 1.21 bits per heavy atom. The van der Waals surface area contributed by atoms with Crippen molar-refractivity contribution in [2.75, 3.05) is 26.2 Å². The molecular formula is C50H76ClN3O16. The second-order valence-corrected chi connectivity index (χ2v) is 17.9. The van der Waals surface area contributed by atoms with E-state index in [9.17, 15) is 34.3 Å². The summed E-state index contributed by atoms with van der Waals surface area (Å²) in [4.78, 5) is 79.6. The lowest BCUT2D eigenvalue weighted by molar-refractivity contribution is -0.343. The third kappa shape index (κ3) is 22.3. The molecule has 19 nitrogen and oxygen atoms in total. The largest absolute Gasteiger partial charge is 0.469 e. The summed E-state index contributed by atoms with van der Waals surface area (Å²) in [5.74, 6) is -4.97. The number of azide groups is 1. The molecule has 0 amide bonds. The normalized spacial score (nSPS) is 24.1. The first-order valence-corrected chi connectivity index (χ1v) is 25.6. The van der Waals surface area contributed by atoms with E-state index in [1.165, 1.54) is 83.5 Å². The fourth-order valence-electron chi connectivity index (χ4n) is 8.34. The number of unbranched alkanes of at least 4 members (excludes halogenated alkanes) is 16. The Balaban J connectivity index is 1.90. The average Bonchev–Trinajstić information content (AvgIpc) is 3.34. The minimum Gasteiger partial charge on any atom is -0.469 e. The van der Waals surface area contributed by atoms with Gasteiger partial charge < -0.3 is 47.4 Å². The lowest BCUT2D eigenvalue weighted by Crippen LogP contribution is -2.66. The molecule has 2 saturated heterocycles. The molecule has 0 unspecified atom stereocenters. The quantitative estimate of drug-likeness (QED) is 0.0119. The number of rotatable bonds is 34. The van der Waals surface area contributed by atoms with Gasteiger partial charge in [-0.2, -0.15) is 0 Å². The number of hydrogen-bond acceptors (Lipinski definition) is 17. The van der Waals surface area contributed by atoms with E-state index in [1.807, 2.05) is 0 Å². The van der Waals surface area contributed by atoms with E-state index in [0.29, 0.717) is 25.7 Å². The van der Waals surface area contributed by atoms with Crippen molar-refractivity contribution in [3.05, 3.63) is 46.3 Å². The summed E-state index contributed by atoms with van der Waals surface area (Å²) >= 11 is 5.83. The summed E-state index contributed by atoms with van der Waals surface area (Å²) in [5, 5.41) is 3.85. The maximum atomic E-state index is 13.9. The Morgan fingerprint density at radius 3 is 1.77 bits per heavy atom. The molecule has 2 aliphatic heterocycles. The van der Waals surface area contributed by atoms with E-state index in [-0.39, 0.29) is 31.0 Å². The lowest BCUT2D eigenvalue weighted by atomic mass is 9.95. The van der Waals surface area contributed by atoms with Gasteiger partial charge >= 0.3 is 35.8 Å². The Hall–Kier alpha value is -4.52. The number of hydrogen-bond donors (Lipinski definition) is 0. The van der Waals surface area contributed by atoms with Crippen LogP contribution in [-0.2, 0) is 71.3 Å². The molecule has 0 spiro atoms. The van der Waals surface area contributed by atoms with Crippen LogP contribution in [0.4, 0.5) is 0 Å². The van der Waals surface area contributed by atoms with Gasteiger partial charge in [-0.1, -0.05) is 127 Å². The third-order valence-electron chi connectivity index (χ3n) is 12.0. The molecule has 0 aromatic heterocycles. The highest BCUT2D eigenvalue weighted by Crippen LogP contribution is 2.36. The highest BCUT2D eigenvalue weighted by molar-refractivity contribution is 6.26. The zero-order chi connectivity index (χ0) is 51.1. The number of alkyl halides is 1.